The van der Waals surface area contributed by atoms with Gasteiger partial charge in [-0.25, -0.2) is 0 Å². The number of aliphatic hydroxyl groups is 8. The molecule has 14 nitrogen and oxygen atoms in total. The van der Waals surface area contributed by atoms with Gasteiger partial charge in [-0.05, 0) is 64.2 Å². The first-order valence-electron chi connectivity index (χ1n) is 36.9. The van der Waals surface area contributed by atoms with E-state index in [1.807, 2.05) is 6.08 Å². The summed E-state index contributed by atoms with van der Waals surface area (Å²) in [5.41, 5.74) is 0. The van der Waals surface area contributed by atoms with Gasteiger partial charge in [-0.2, -0.15) is 0 Å². The summed E-state index contributed by atoms with van der Waals surface area (Å²) in [5, 5.41) is 87.5. The Morgan fingerprint density at radius 1 is 0.409 bits per heavy atom. The minimum Gasteiger partial charge on any atom is -0.394 e. The molecule has 0 bridgehead atoms. The average molecular weight is 1250 g/mol. The largest absolute Gasteiger partial charge is 0.394 e. The molecular weight excluding hydrogens is 1110 g/mol. The first kappa shape index (κ1) is 82.0. The van der Waals surface area contributed by atoms with E-state index in [1.165, 1.54) is 250 Å². The number of aliphatic hydroxyl groups excluding tert-OH is 8. The Morgan fingerprint density at radius 2 is 0.761 bits per heavy atom. The molecule has 0 radical (unpaired) electrons. The molecule has 2 heterocycles. The van der Waals surface area contributed by atoms with Gasteiger partial charge in [-0.1, -0.05) is 300 Å². The van der Waals surface area contributed by atoms with Gasteiger partial charge in [0.1, 0.15) is 48.8 Å². The van der Waals surface area contributed by atoms with Crippen molar-refractivity contribution in [3.8, 4) is 0 Å². The van der Waals surface area contributed by atoms with Gasteiger partial charge in [-0.15, -0.1) is 0 Å². The minimum atomic E-state index is -1.79. The van der Waals surface area contributed by atoms with E-state index >= 15 is 0 Å². The van der Waals surface area contributed by atoms with Crippen molar-refractivity contribution in [2.45, 2.75) is 396 Å². The maximum Gasteiger partial charge on any atom is 0.220 e. The number of rotatable bonds is 61. The molecule has 516 valence electrons. The van der Waals surface area contributed by atoms with Crippen LogP contribution >= 0.6 is 0 Å². The fourth-order valence-corrected chi connectivity index (χ4v) is 12.1. The van der Waals surface area contributed by atoms with E-state index in [-0.39, 0.29) is 18.9 Å². The first-order valence-corrected chi connectivity index (χ1v) is 36.9. The van der Waals surface area contributed by atoms with E-state index < -0.39 is 86.8 Å². The van der Waals surface area contributed by atoms with Crippen LogP contribution < -0.4 is 5.32 Å². The Hall–Kier alpha value is -2.05. The van der Waals surface area contributed by atoms with Crippen molar-refractivity contribution < 1.29 is 64.6 Å². The summed E-state index contributed by atoms with van der Waals surface area (Å²) in [6.07, 6.45) is 60.3. The van der Waals surface area contributed by atoms with Crippen LogP contribution in [0, 0.1) is 0 Å². The van der Waals surface area contributed by atoms with E-state index in [2.05, 4.69) is 55.6 Å². The number of allylic oxidation sites excluding steroid dienone is 7. The summed E-state index contributed by atoms with van der Waals surface area (Å²) in [6, 6.07) is -0.934. The molecule has 2 aliphatic heterocycles. The monoisotopic (exact) mass is 1250 g/mol. The van der Waals surface area contributed by atoms with Crippen LogP contribution in [0.3, 0.4) is 0 Å². The van der Waals surface area contributed by atoms with Crippen LogP contribution in [0.2, 0.25) is 0 Å². The standard InChI is InChI=1S/C74H137NO13/c1-3-5-7-9-11-13-15-17-19-21-23-25-27-29-31-33-35-37-39-41-43-45-47-49-51-53-55-57-63(78)62(61-85-73-71(84)69(82)72(65(60-77)87-73)88-74-70(83)68(81)67(80)64(59-76)86-74)75-66(79)58-56-54-52-50-48-46-44-42-40-38-36-34-32-30-28-26-24-22-20-18-16-14-12-10-8-6-4-2/h16,18,22,24,47,49,55,57,62-65,67-74,76-78,80-84H,3-15,17,19-21,23,25-46,48,50-54,56,58-61H2,1-2H3,(H,75,79)/b18-16-,24-22-,49-47+,57-55+. The van der Waals surface area contributed by atoms with E-state index in [0.717, 1.165) is 38.5 Å². The predicted molar refractivity (Wildman–Crippen MR) is 360 cm³/mol. The normalized spacial score (nSPS) is 23.4. The number of ether oxygens (including phenoxy) is 4. The molecule has 0 spiro atoms. The molecule has 2 fully saturated rings. The zero-order valence-corrected chi connectivity index (χ0v) is 56.2. The van der Waals surface area contributed by atoms with Gasteiger partial charge >= 0.3 is 0 Å². The van der Waals surface area contributed by atoms with Crippen molar-refractivity contribution in [2.24, 2.45) is 0 Å². The van der Waals surface area contributed by atoms with E-state index in [0.29, 0.717) is 12.8 Å². The summed E-state index contributed by atoms with van der Waals surface area (Å²) in [4.78, 5) is 13.3. The lowest BCUT2D eigenvalue weighted by molar-refractivity contribution is -0.359. The Kier molecular flexibility index (Phi) is 54.8. The van der Waals surface area contributed by atoms with E-state index in [9.17, 15) is 45.6 Å². The molecule has 1 amide bonds. The van der Waals surface area contributed by atoms with Crippen LogP contribution in [0.15, 0.2) is 48.6 Å². The van der Waals surface area contributed by atoms with Crippen molar-refractivity contribution in [2.75, 3.05) is 19.8 Å². The number of carbonyl (C=O) groups is 1. The summed E-state index contributed by atoms with van der Waals surface area (Å²) in [5.74, 6) is -0.245. The highest BCUT2D eigenvalue weighted by molar-refractivity contribution is 5.76. The fourth-order valence-electron chi connectivity index (χ4n) is 12.1. The van der Waals surface area contributed by atoms with Crippen LogP contribution in [0.25, 0.3) is 0 Å². The lowest BCUT2D eigenvalue weighted by Gasteiger charge is -2.46. The van der Waals surface area contributed by atoms with Crippen molar-refractivity contribution in [1.29, 1.82) is 0 Å². The van der Waals surface area contributed by atoms with Gasteiger partial charge in [0.05, 0.1) is 32.0 Å². The maximum atomic E-state index is 13.3. The van der Waals surface area contributed by atoms with Crippen LogP contribution in [0.4, 0.5) is 0 Å². The number of amides is 1. The zero-order valence-electron chi connectivity index (χ0n) is 56.2. The van der Waals surface area contributed by atoms with Crippen molar-refractivity contribution >= 4 is 5.91 Å². The molecule has 2 rings (SSSR count). The molecule has 0 aromatic heterocycles. The third-order valence-corrected chi connectivity index (χ3v) is 18.0. The molecule has 12 unspecified atom stereocenters. The third kappa shape index (κ3) is 42.2. The van der Waals surface area contributed by atoms with Gasteiger partial charge in [0.25, 0.3) is 0 Å². The van der Waals surface area contributed by atoms with Crippen LogP contribution in [0.1, 0.15) is 322 Å². The third-order valence-electron chi connectivity index (χ3n) is 18.0. The van der Waals surface area contributed by atoms with Gasteiger partial charge < -0.3 is 65.1 Å². The second kappa shape index (κ2) is 58.7. The second-order valence-electron chi connectivity index (χ2n) is 26.1. The van der Waals surface area contributed by atoms with Crippen molar-refractivity contribution in [3.05, 3.63) is 48.6 Å². The maximum absolute atomic E-state index is 13.3. The molecular formula is C74H137NO13. The highest BCUT2D eigenvalue weighted by Gasteiger charge is 2.51. The molecule has 2 saturated heterocycles. The quantitative estimate of drug-likeness (QED) is 0.0204. The lowest BCUT2D eigenvalue weighted by atomic mass is 9.97. The van der Waals surface area contributed by atoms with E-state index in [1.54, 1.807) is 6.08 Å². The fraction of sp³-hybridized carbons (Fsp3) is 0.878. The summed E-state index contributed by atoms with van der Waals surface area (Å²) in [7, 11) is 0. The van der Waals surface area contributed by atoms with E-state index in [4.69, 9.17) is 18.9 Å². The van der Waals surface area contributed by atoms with Crippen LogP contribution in [0.5, 0.6) is 0 Å². The molecule has 12 atom stereocenters. The molecule has 2 aliphatic rings. The molecule has 88 heavy (non-hydrogen) atoms. The highest BCUT2D eigenvalue weighted by atomic mass is 16.7. The summed E-state index contributed by atoms with van der Waals surface area (Å²) in [6.45, 7) is 2.82. The number of unbranched alkanes of at least 4 members (excludes halogenated alkanes) is 42. The topological polar surface area (TPSA) is 228 Å². The number of nitrogens with one attached hydrogen (secondary N) is 1. The summed E-state index contributed by atoms with van der Waals surface area (Å²) >= 11 is 0. The molecule has 14 heteroatoms. The van der Waals surface area contributed by atoms with Crippen LogP contribution in [-0.2, 0) is 23.7 Å². The molecule has 9 N–H and O–H groups in total. The van der Waals surface area contributed by atoms with Gasteiger partial charge in [0.15, 0.2) is 12.6 Å². The average Bonchev–Trinajstić information content (AvgIpc) is 1.93. The molecule has 0 aliphatic carbocycles. The van der Waals surface area contributed by atoms with Crippen molar-refractivity contribution in [3.63, 3.8) is 0 Å². The predicted octanol–water partition coefficient (Wildman–Crippen LogP) is 15.5. The Bertz CT molecular complexity index is 1660. The Balaban J connectivity index is 1.68. The minimum absolute atomic E-state index is 0.245. The van der Waals surface area contributed by atoms with Crippen LogP contribution in [-0.4, -0.2) is 140 Å². The lowest BCUT2D eigenvalue weighted by Crippen LogP contribution is -2.65. The van der Waals surface area contributed by atoms with Gasteiger partial charge in [-0.3, -0.25) is 4.79 Å². The smallest absolute Gasteiger partial charge is 0.220 e. The zero-order chi connectivity index (χ0) is 63.8. The second-order valence-corrected chi connectivity index (χ2v) is 26.1. The summed E-state index contributed by atoms with van der Waals surface area (Å²) < 4.78 is 22.9. The first-order chi connectivity index (χ1) is 43.1. The SMILES string of the molecule is CCCCCCC/C=C\C/C=C\CCCCCCCCCCCCCCCCCC(=O)NC(COC1OC(CO)C(OC2OC(CO)C(O)C(O)C2O)C(O)C1O)C(O)/C=C/CC/C=C/CCCCCCCCCCCCCCCCCCCCCCC. The number of hydrogen-bond acceptors (Lipinski definition) is 13. The highest BCUT2D eigenvalue weighted by Crippen LogP contribution is 2.30. The van der Waals surface area contributed by atoms with Crippen molar-refractivity contribution in [1.82, 2.24) is 5.32 Å². The Labute approximate surface area is 537 Å². The number of hydrogen-bond donors (Lipinski definition) is 9. The molecule has 0 saturated carbocycles. The molecule has 0 aromatic carbocycles. The van der Waals surface area contributed by atoms with Gasteiger partial charge in [0.2, 0.25) is 5.91 Å². The molecule has 0 aromatic rings. The number of carbonyl (C=O) groups excluding carboxylic acids is 1. The van der Waals surface area contributed by atoms with Gasteiger partial charge in [0, 0.05) is 6.42 Å². The Morgan fingerprint density at radius 3 is 1.18 bits per heavy atom.